The van der Waals surface area contributed by atoms with Crippen LogP contribution in [0, 0.1) is 6.92 Å². The Balaban J connectivity index is 2.34. The maximum Gasteiger partial charge on any atom is 0.123 e. The monoisotopic (exact) mass is 285 g/mol. The van der Waals surface area contributed by atoms with E-state index in [1.165, 1.54) is 16.7 Å². The van der Waals surface area contributed by atoms with E-state index in [-0.39, 0.29) is 6.04 Å². The fourth-order valence-electron chi connectivity index (χ4n) is 2.59. The number of para-hydroxylation sites is 1. The van der Waals surface area contributed by atoms with Crippen LogP contribution in [0.2, 0.25) is 0 Å². The van der Waals surface area contributed by atoms with Crippen molar-refractivity contribution in [1.29, 1.82) is 0 Å². The summed E-state index contributed by atoms with van der Waals surface area (Å²) in [5.41, 5.74) is 3.58. The average Bonchev–Trinajstić information content (AvgIpc) is 2.53. The van der Waals surface area contributed by atoms with Crippen LogP contribution >= 0.6 is 0 Å². The second kappa shape index (κ2) is 7.14. The summed E-state index contributed by atoms with van der Waals surface area (Å²) in [5, 5.41) is 3.38. The molecule has 1 atom stereocenters. The van der Waals surface area contributed by atoms with Crippen molar-refractivity contribution >= 4 is 0 Å². The molecule has 0 spiro atoms. The van der Waals surface area contributed by atoms with E-state index in [0.29, 0.717) is 0 Å². The summed E-state index contributed by atoms with van der Waals surface area (Å²) in [6, 6.07) is 14.6. The minimum Gasteiger partial charge on any atom is -0.496 e. The molecule has 0 aliphatic heterocycles. The second-order valence-electron chi connectivity index (χ2n) is 5.10. The normalized spacial score (nSPS) is 12.0. The largest absolute Gasteiger partial charge is 0.496 e. The van der Waals surface area contributed by atoms with Gasteiger partial charge in [-0.2, -0.15) is 0 Å². The highest BCUT2D eigenvalue weighted by molar-refractivity contribution is 5.41. The van der Waals surface area contributed by atoms with E-state index in [4.69, 9.17) is 9.47 Å². The SMILES string of the molecule is CNC(Cc1ccccc1OC)c1cc(C)ccc1OC. The molecule has 21 heavy (non-hydrogen) atoms. The van der Waals surface area contributed by atoms with Gasteiger partial charge in [-0.15, -0.1) is 0 Å². The standard InChI is InChI=1S/C18H23NO2/c1-13-9-10-18(21-4)15(11-13)16(19-2)12-14-7-5-6-8-17(14)20-3/h5-11,16,19H,12H2,1-4H3. The predicted molar refractivity (Wildman–Crippen MR) is 86.2 cm³/mol. The highest BCUT2D eigenvalue weighted by Crippen LogP contribution is 2.30. The first kappa shape index (κ1) is 15.4. The average molecular weight is 285 g/mol. The number of nitrogens with one attached hydrogen (secondary N) is 1. The summed E-state index contributed by atoms with van der Waals surface area (Å²) >= 11 is 0. The lowest BCUT2D eigenvalue weighted by molar-refractivity contribution is 0.395. The van der Waals surface area contributed by atoms with Gasteiger partial charge in [0.05, 0.1) is 14.2 Å². The summed E-state index contributed by atoms with van der Waals surface area (Å²) in [5.74, 6) is 1.83. The van der Waals surface area contributed by atoms with E-state index in [9.17, 15) is 0 Å². The topological polar surface area (TPSA) is 30.5 Å². The molecular weight excluding hydrogens is 262 g/mol. The molecule has 0 aromatic heterocycles. The zero-order valence-electron chi connectivity index (χ0n) is 13.1. The van der Waals surface area contributed by atoms with Gasteiger partial charge in [0.2, 0.25) is 0 Å². The Morgan fingerprint density at radius 2 is 1.71 bits per heavy atom. The van der Waals surface area contributed by atoms with Crippen LogP contribution in [-0.2, 0) is 6.42 Å². The van der Waals surface area contributed by atoms with Crippen LogP contribution in [0.15, 0.2) is 42.5 Å². The van der Waals surface area contributed by atoms with Gasteiger partial charge >= 0.3 is 0 Å². The fraction of sp³-hybridized carbons (Fsp3) is 0.333. The summed E-state index contributed by atoms with van der Waals surface area (Å²) in [6.45, 7) is 2.10. The molecule has 0 heterocycles. The number of ether oxygens (including phenoxy) is 2. The molecule has 0 saturated carbocycles. The van der Waals surface area contributed by atoms with Crippen LogP contribution in [0.25, 0.3) is 0 Å². The van der Waals surface area contributed by atoms with Crippen molar-refractivity contribution in [2.45, 2.75) is 19.4 Å². The quantitative estimate of drug-likeness (QED) is 0.881. The minimum atomic E-state index is 0.177. The van der Waals surface area contributed by atoms with Crippen molar-refractivity contribution in [3.8, 4) is 11.5 Å². The van der Waals surface area contributed by atoms with Crippen LogP contribution in [0.5, 0.6) is 11.5 Å². The Morgan fingerprint density at radius 1 is 1.00 bits per heavy atom. The van der Waals surface area contributed by atoms with Crippen molar-refractivity contribution < 1.29 is 9.47 Å². The molecule has 1 N–H and O–H groups in total. The van der Waals surface area contributed by atoms with E-state index >= 15 is 0 Å². The van der Waals surface area contributed by atoms with Crippen molar-refractivity contribution in [2.75, 3.05) is 21.3 Å². The summed E-state index contributed by atoms with van der Waals surface area (Å²) < 4.78 is 11.0. The molecule has 3 nitrogen and oxygen atoms in total. The van der Waals surface area contributed by atoms with Gasteiger partial charge in [0.15, 0.2) is 0 Å². The number of hydrogen-bond donors (Lipinski definition) is 1. The van der Waals surface area contributed by atoms with Gasteiger partial charge in [-0.05, 0) is 38.1 Å². The first-order chi connectivity index (χ1) is 10.2. The zero-order chi connectivity index (χ0) is 15.2. The lowest BCUT2D eigenvalue weighted by Gasteiger charge is -2.21. The lowest BCUT2D eigenvalue weighted by atomic mass is 9.96. The molecule has 2 aromatic carbocycles. The van der Waals surface area contributed by atoms with Gasteiger partial charge in [-0.1, -0.05) is 35.9 Å². The molecule has 112 valence electrons. The van der Waals surface area contributed by atoms with Gasteiger partial charge in [-0.3, -0.25) is 0 Å². The lowest BCUT2D eigenvalue weighted by Crippen LogP contribution is -2.20. The highest BCUT2D eigenvalue weighted by atomic mass is 16.5. The first-order valence-corrected chi connectivity index (χ1v) is 7.13. The van der Waals surface area contributed by atoms with Crippen molar-refractivity contribution in [1.82, 2.24) is 5.32 Å². The van der Waals surface area contributed by atoms with Crippen molar-refractivity contribution in [3.63, 3.8) is 0 Å². The Hall–Kier alpha value is -2.00. The van der Waals surface area contributed by atoms with Crippen molar-refractivity contribution in [3.05, 3.63) is 59.2 Å². The Morgan fingerprint density at radius 3 is 2.38 bits per heavy atom. The third-order valence-corrected chi connectivity index (χ3v) is 3.73. The molecule has 0 aliphatic rings. The van der Waals surface area contributed by atoms with Gasteiger partial charge in [0.1, 0.15) is 11.5 Å². The maximum absolute atomic E-state index is 5.51. The van der Waals surface area contributed by atoms with E-state index < -0.39 is 0 Å². The number of likely N-dealkylation sites (N-methyl/N-ethyl adjacent to an activating group) is 1. The predicted octanol–water partition coefficient (Wildman–Crippen LogP) is 3.52. The number of methoxy groups -OCH3 is 2. The van der Waals surface area contributed by atoms with Crippen LogP contribution in [0.1, 0.15) is 22.7 Å². The molecule has 1 unspecified atom stereocenters. The van der Waals surface area contributed by atoms with Gasteiger partial charge in [-0.25, -0.2) is 0 Å². The first-order valence-electron chi connectivity index (χ1n) is 7.13. The summed E-state index contributed by atoms with van der Waals surface area (Å²) in [6.07, 6.45) is 0.848. The van der Waals surface area contributed by atoms with Gasteiger partial charge in [0, 0.05) is 11.6 Å². The molecule has 3 heteroatoms. The number of hydrogen-bond acceptors (Lipinski definition) is 3. The molecule has 0 saturated heterocycles. The Kier molecular flexibility index (Phi) is 5.23. The second-order valence-corrected chi connectivity index (χ2v) is 5.10. The third-order valence-electron chi connectivity index (χ3n) is 3.73. The van der Waals surface area contributed by atoms with Crippen molar-refractivity contribution in [2.24, 2.45) is 0 Å². The molecule has 0 radical (unpaired) electrons. The molecular formula is C18H23NO2. The van der Waals surface area contributed by atoms with Gasteiger partial charge < -0.3 is 14.8 Å². The summed E-state index contributed by atoms with van der Waals surface area (Å²) in [4.78, 5) is 0. The third kappa shape index (κ3) is 3.56. The van der Waals surface area contributed by atoms with E-state index in [1.807, 2.05) is 31.3 Å². The van der Waals surface area contributed by atoms with Gasteiger partial charge in [0.25, 0.3) is 0 Å². The summed E-state index contributed by atoms with van der Waals surface area (Å²) in [7, 11) is 5.40. The fourth-order valence-corrected chi connectivity index (χ4v) is 2.59. The minimum absolute atomic E-state index is 0.177. The molecule has 0 aliphatic carbocycles. The maximum atomic E-state index is 5.51. The van der Waals surface area contributed by atoms with Crippen LogP contribution in [0.4, 0.5) is 0 Å². The number of benzene rings is 2. The van der Waals surface area contributed by atoms with E-state index in [2.05, 4.69) is 30.4 Å². The molecule has 0 amide bonds. The molecule has 0 fully saturated rings. The van der Waals surface area contributed by atoms with E-state index in [0.717, 1.165) is 17.9 Å². The Labute approximate surface area is 126 Å². The number of aryl methyl sites for hydroxylation is 1. The Bertz CT molecular complexity index is 596. The number of rotatable bonds is 6. The molecule has 2 aromatic rings. The zero-order valence-corrected chi connectivity index (χ0v) is 13.1. The molecule has 2 rings (SSSR count). The van der Waals surface area contributed by atoms with Crippen LogP contribution < -0.4 is 14.8 Å². The van der Waals surface area contributed by atoms with Crippen LogP contribution in [0.3, 0.4) is 0 Å². The highest BCUT2D eigenvalue weighted by Gasteiger charge is 2.17. The van der Waals surface area contributed by atoms with E-state index in [1.54, 1.807) is 14.2 Å². The molecule has 0 bridgehead atoms. The van der Waals surface area contributed by atoms with Crippen LogP contribution in [-0.4, -0.2) is 21.3 Å². The smallest absolute Gasteiger partial charge is 0.123 e.